The molecule has 0 atom stereocenters. The number of rotatable bonds is 7. The Morgan fingerprint density at radius 3 is 2.18 bits per heavy atom. The average Bonchev–Trinajstić information content (AvgIpc) is 2.12. The summed E-state index contributed by atoms with van der Waals surface area (Å²) in [6.45, 7) is -0.336. The molecule has 0 heterocycles. The highest BCUT2D eigenvalue weighted by Gasteiger charge is 2.40. The molecule has 0 aromatic heterocycles. The van der Waals surface area contributed by atoms with Gasteiger partial charge >= 0.3 is 18.1 Å². The van der Waals surface area contributed by atoms with Crippen molar-refractivity contribution in [1.82, 2.24) is 0 Å². The smallest absolute Gasteiger partial charge is 0.457 e. The number of carbonyl (C=O) groups excluding carboxylic acids is 1. The molecule has 0 saturated heterocycles. The lowest BCUT2D eigenvalue weighted by Crippen LogP contribution is -2.26. The third kappa shape index (κ3) is 11.1. The molecule has 10 heteroatoms. The van der Waals surface area contributed by atoms with E-state index in [1.54, 1.807) is 0 Å². The summed E-state index contributed by atoms with van der Waals surface area (Å²) in [5.41, 5.74) is 0. The van der Waals surface area contributed by atoms with E-state index in [1.165, 1.54) is 0 Å². The maximum Gasteiger partial charge on any atom is 0.490 e. The van der Waals surface area contributed by atoms with Crippen molar-refractivity contribution in [3.8, 4) is 0 Å². The minimum absolute atomic E-state index is 0.122. The Kier molecular flexibility index (Phi) is 7.82. The van der Waals surface area contributed by atoms with Gasteiger partial charge in [0, 0.05) is 6.61 Å². The molecule has 0 spiro atoms. The van der Waals surface area contributed by atoms with E-state index in [0.717, 1.165) is 0 Å². The minimum Gasteiger partial charge on any atom is -0.457 e. The number of carbonyl (C=O) groups is 1. The highest BCUT2D eigenvalue weighted by molar-refractivity contribution is 7.64. The number of esters is 1. The molecule has 0 bridgehead atoms. The Hall–Kier alpha value is 0.307. The summed E-state index contributed by atoms with van der Waals surface area (Å²) < 4.78 is 43.8. The van der Waals surface area contributed by atoms with E-state index in [-0.39, 0.29) is 13.2 Å². The Labute approximate surface area is 111 Å². The fourth-order valence-corrected chi connectivity index (χ4v) is 2.50. The van der Waals surface area contributed by atoms with Gasteiger partial charge in [-0.15, -0.1) is 33.2 Å². The largest absolute Gasteiger partial charge is 0.490 e. The molecule has 0 aliphatic carbocycles. The SMILES string of the molecule is O=C(OCCOCCC[Si](Cl)(Cl)Cl)C(F)(F)F. The van der Waals surface area contributed by atoms with Crippen LogP contribution in [0.2, 0.25) is 6.04 Å². The molecule has 0 saturated carbocycles. The van der Waals surface area contributed by atoms with Crippen molar-refractivity contribution in [2.45, 2.75) is 18.6 Å². The molecule has 0 fully saturated rings. The van der Waals surface area contributed by atoms with E-state index in [1.807, 2.05) is 0 Å². The van der Waals surface area contributed by atoms with Crippen LogP contribution in [-0.2, 0) is 14.3 Å². The first-order valence-corrected chi connectivity index (χ1v) is 9.75. The molecule has 102 valence electrons. The van der Waals surface area contributed by atoms with Crippen LogP contribution in [0, 0.1) is 0 Å². The Morgan fingerprint density at radius 1 is 1.12 bits per heavy atom. The van der Waals surface area contributed by atoms with Crippen molar-refractivity contribution in [1.29, 1.82) is 0 Å². The quantitative estimate of drug-likeness (QED) is 0.311. The van der Waals surface area contributed by atoms with Gasteiger partial charge in [-0.3, -0.25) is 0 Å². The van der Waals surface area contributed by atoms with E-state index >= 15 is 0 Å². The number of halogens is 6. The van der Waals surface area contributed by atoms with Crippen LogP contribution in [0.25, 0.3) is 0 Å². The number of alkyl halides is 3. The molecule has 0 rings (SSSR count). The summed E-state index contributed by atoms with van der Waals surface area (Å²) in [5, 5.41) is 0. The number of hydrogen-bond donors (Lipinski definition) is 0. The summed E-state index contributed by atoms with van der Waals surface area (Å²) in [4.78, 5) is 10.2. The first-order valence-electron chi connectivity index (χ1n) is 4.51. The van der Waals surface area contributed by atoms with Crippen molar-refractivity contribution >= 4 is 45.2 Å². The van der Waals surface area contributed by atoms with Crippen molar-refractivity contribution in [2.24, 2.45) is 0 Å². The van der Waals surface area contributed by atoms with E-state index in [0.29, 0.717) is 12.5 Å². The zero-order valence-electron chi connectivity index (χ0n) is 8.53. The second kappa shape index (κ2) is 7.68. The van der Waals surface area contributed by atoms with Gasteiger partial charge in [0.15, 0.2) is 0 Å². The van der Waals surface area contributed by atoms with Gasteiger partial charge in [0.25, 0.3) is 0 Å². The standard InChI is InChI=1S/C7H10Cl3F3O3Si/c8-17(9,10)5-1-2-15-3-4-16-6(14)7(11,12)13/h1-5H2. The van der Waals surface area contributed by atoms with Crippen LogP contribution in [-0.4, -0.2) is 38.0 Å². The predicted octanol–water partition coefficient (Wildman–Crippen LogP) is 3.15. The van der Waals surface area contributed by atoms with E-state index in [9.17, 15) is 18.0 Å². The first-order chi connectivity index (χ1) is 7.63. The van der Waals surface area contributed by atoms with E-state index < -0.39 is 24.8 Å². The summed E-state index contributed by atoms with van der Waals surface area (Å²) >= 11 is 16.8. The lowest BCUT2D eigenvalue weighted by molar-refractivity contribution is -0.200. The lowest BCUT2D eigenvalue weighted by atomic mass is 10.5. The van der Waals surface area contributed by atoms with Gasteiger partial charge in [-0.1, -0.05) is 0 Å². The zero-order valence-corrected chi connectivity index (χ0v) is 11.8. The molecule has 0 unspecified atom stereocenters. The molecule has 17 heavy (non-hydrogen) atoms. The highest BCUT2D eigenvalue weighted by Crippen LogP contribution is 2.26. The number of hydrogen-bond acceptors (Lipinski definition) is 3. The monoisotopic (exact) mass is 332 g/mol. The van der Waals surface area contributed by atoms with Crippen LogP contribution in [0.15, 0.2) is 0 Å². The van der Waals surface area contributed by atoms with Gasteiger partial charge in [0.1, 0.15) is 6.61 Å². The molecule has 0 N–H and O–H groups in total. The Bertz CT molecular complexity index is 245. The van der Waals surface area contributed by atoms with Crippen molar-refractivity contribution < 1.29 is 27.4 Å². The summed E-state index contributed by atoms with van der Waals surface area (Å²) in [7, 11) is 0. The summed E-state index contributed by atoms with van der Waals surface area (Å²) in [6, 6.07) is -2.26. The van der Waals surface area contributed by atoms with Gasteiger partial charge in [-0.05, 0) is 12.5 Å². The highest BCUT2D eigenvalue weighted by atomic mass is 35.8. The third-order valence-corrected chi connectivity index (χ3v) is 4.06. The molecule has 0 aromatic carbocycles. The molecule has 0 amide bonds. The zero-order chi connectivity index (χ0) is 13.5. The lowest BCUT2D eigenvalue weighted by Gasteiger charge is -2.09. The summed E-state index contributed by atoms with van der Waals surface area (Å²) in [5.74, 6) is -2.23. The first kappa shape index (κ1) is 17.3. The Balaban J connectivity index is 3.39. The van der Waals surface area contributed by atoms with Crippen LogP contribution in [0.3, 0.4) is 0 Å². The van der Waals surface area contributed by atoms with Crippen LogP contribution in [0.5, 0.6) is 0 Å². The molecule has 3 nitrogen and oxygen atoms in total. The third-order valence-electron chi connectivity index (χ3n) is 1.44. The molecule has 0 aliphatic heterocycles. The molecule has 0 radical (unpaired) electrons. The van der Waals surface area contributed by atoms with Gasteiger partial charge < -0.3 is 9.47 Å². The van der Waals surface area contributed by atoms with Gasteiger partial charge in [0.2, 0.25) is 0 Å². The molecule has 0 aliphatic rings. The normalized spacial score (nSPS) is 12.6. The number of ether oxygens (including phenoxy) is 2. The molecular formula is C7H10Cl3F3O3Si. The fourth-order valence-electron chi connectivity index (χ4n) is 0.752. The van der Waals surface area contributed by atoms with Crippen LogP contribution in [0.1, 0.15) is 6.42 Å². The Morgan fingerprint density at radius 2 is 1.71 bits per heavy atom. The van der Waals surface area contributed by atoms with Crippen molar-refractivity contribution in [3.05, 3.63) is 0 Å². The average molecular weight is 334 g/mol. The van der Waals surface area contributed by atoms with Gasteiger partial charge in [-0.25, -0.2) is 4.79 Å². The van der Waals surface area contributed by atoms with E-state index in [2.05, 4.69) is 4.74 Å². The van der Waals surface area contributed by atoms with Gasteiger partial charge in [-0.2, -0.15) is 13.2 Å². The second-order valence-electron chi connectivity index (χ2n) is 2.96. The van der Waals surface area contributed by atoms with Crippen molar-refractivity contribution in [2.75, 3.05) is 19.8 Å². The fraction of sp³-hybridized carbons (Fsp3) is 0.857. The summed E-state index contributed by atoms with van der Waals surface area (Å²) in [6.07, 6.45) is -4.48. The maximum absolute atomic E-state index is 11.7. The van der Waals surface area contributed by atoms with Crippen LogP contribution < -0.4 is 0 Å². The van der Waals surface area contributed by atoms with Crippen molar-refractivity contribution in [3.63, 3.8) is 0 Å². The van der Waals surface area contributed by atoms with Crippen LogP contribution in [0.4, 0.5) is 13.2 Å². The predicted molar refractivity (Wildman–Crippen MR) is 60.6 cm³/mol. The van der Waals surface area contributed by atoms with Gasteiger partial charge in [0.05, 0.1) is 6.61 Å². The minimum atomic E-state index is -4.97. The second-order valence-corrected chi connectivity index (χ2v) is 12.2. The maximum atomic E-state index is 11.7. The van der Waals surface area contributed by atoms with E-state index in [4.69, 9.17) is 38.0 Å². The molecule has 0 aromatic rings. The molecular weight excluding hydrogens is 324 g/mol. The van der Waals surface area contributed by atoms with Crippen LogP contribution >= 0.6 is 33.2 Å². The topological polar surface area (TPSA) is 35.5 Å².